The topological polar surface area (TPSA) is 70.6 Å². The average Bonchev–Trinajstić information content (AvgIpc) is 2.64. The van der Waals surface area contributed by atoms with Crippen LogP contribution in [0.5, 0.6) is 0 Å². The van der Waals surface area contributed by atoms with Gasteiger partial charge in [-0.25, -0.2) is 0 Å². The fourth-order valence-corrected chi connectivity index (χ4v) is 2.53. The second-order valence-corrected chi connectivity index (χ2v) is 6.58. The van der Waals surface area contributed by atoms with Gasteiger partial charge in [0, 0.05) is 13.1 Å². The molecule has 0 bridgehead atoms. The van der Waals surface area contributed by atoms with Gasteiger partial charge in [-0.15, -0.1) is 0 Å². The summed E-state index contributed by atoms with van der Waals surface area (Å²) in [7, 11) is 0. The highest BCUT2D eigenvalue weighted by Gasteiger charge is 2.15. The Morgan fingerprint density at radius 1 is 0.846 bits per heavy atom. The predicted octanol–water partition coefficient (Wildman–Crippen LogP) is 4.81. The molecule has 0 aliphatic carbocycles. The maximum absolute atomic E-state index is 11.7. The summed E-state index contributed by atoms with van der Waals surface area (Å²) in [5.41, 5.74) is 1.63. The highest BCUT2D eigenvalue weighted by atomic mass is 35.5. The third-order valence-corrected chi connectivity index (χ3v) is 4.37. The molecule has 0 aliphatic heterocycles. The van der Waals surface area contributed by atoms with Gasteiger partial charge in [0.1, 0.15) is 16.0 Å². The molecule has 0 saturated heterocycles. The van der Waals surface area contributed by atoms with Crippen LogP contribution in [0.4, 0.5) is 0 Å². The monoisotopic (exact) mass is 412 g/mol. The molecule has 8 heteroatoms. The lowest BCUT2D eigenvalue weighted by molar-refractivity contribution is -0.00189. The molecule has 0 heterocycles. The molecule has 0 fully saturated rings. The van der Waals surface area contributed by atoms with Crippen LogP contribution in [0.25, 0.3) is 0 Å². The van der Waals surface area contributed by atoms with Gasteiger partial charge >= 0.3 is 0 Å². The van der Waals surface area contributed by atoms with Crippen molar-refractivity contribution in [2.24, 2.45) is 0 Å². The molecule has 0 atom stereocenters. The average molecular weight is 414 g/mol. The predicted molar refractivity (Wildman–Crippen MR) is 105 cm³/mol. The molecule has 3 N–H and O–H groups in total. The van der Waals surface area contributed by atoms with Crippen LogP contribution in [0, 0.1) is 5.21 Å². The molecule has 0 spiro atoms. The first-order chi connectivity index (χ1) is 12.5. The lowest BCUT2D eigenvalue weighted by Crippen LogP contribution is -2.31. The van der Waals surface area contributed by atoms with Crippen molar-refractivity contribution in [3.8, 4) is 0 Å². The quantitative estimate of drug-likeness (QED) is 0.428. The van der Waals surface area contributed by atoms with Gasteiger partial charge < -0.3 is 21.1 Å². The zero-order chi connectivity index (χ0) is 18.9. The molecule has 0 aliphatic rings. The van der Waals surface area contributed by atoms with Crippen molar-refractivity contribution < 1.29 is 5.21 Å². The van der Waals surface area contributed by atoms with E-state index in [1.807, 2.05) is 60.7 Å². The Bertz CT molecular complexity index is 716. The molecule has 0 aromatic heterocycles. The number of allylic oxidation sites excluding steroid dienone is 1. The van der Waals surface area contributed by atoms with Crippen molar-refractivity contribution in [1.29, 1.82) is 0 Å². The third kappa shape index (κ3) is 6.12. The van der Waals surface area contributed by atoms with E-state index < -0.39 is 0 Å². The lowest BCUT2D eigenvalue weighted by Gasteiger charge is -2.28. The normalized spacial score (nSPS) is 10.0. The zero-order valence-corrected chi connectivity index (χ0v) is 15.9. The van der Waals surface area contributed by atoms with E-state index in [2.05, 4.69) is 10.6 Å². The maximum Gasteiger partial charge on any atom is 0.127 e. The van der Waals surface area contributed by atoms with Gasteiger partial charge in [-0.3, -0.25) is 5.21 Å². The minimum Gasteiger partial charge on any atom is -0.733 e. The van der Waals surface area contributed by atoms with E-state index in [-0.39, 0.29) is 26.3 Å². The van der Waals surface area contributed by atoms with Crippen molar-refractivity contribution in [2.45, 2.75) is 13.1 Å². The summed E-state index contributed by atoms with van der Waals surface area (Å²) < 4.78 is -0.336. The van der Waals surface area contributed by atoms with Gasteiger partial charge in [0.25, 0.3) is 0 Å². The van der Waals surface area contributed by atoms with Crippen LogP contribution in [0.2, 0.25) is 0 Å². The van der Waals surface area contributed by atoms with Gasteiger partial charge in [-0.1, -0.05) is 95.5 Å². The highest BCUT2D eigenvalue weighted by Crippen LogP contribution is 2.27. The molecule has 2 rings (SSSR count). The van der Waals surface area contributed by atoms with E-state index >= 15 is 0 Å². The van der Waals surface area contributed by atoms with E-state index in [9.17, 15) is 10.4 Å². The summed E-state index contributed by atoms with van der Waals surface area (Å²) in [6, 6.07) is 19.1. The van der Waals surface area contributed by atoms with Crippen molar-refractivity contribution >= 4 is 34.8 Å². The number of benzene rings is 2. The number of nitrogens with one attached hydrogen (secondary N) is 2. The van der Waals surface area contributed by atoms with Gasteiger partial charge in [-0.2, -0.15) is 0 Å². The summed E-state index contributed by atoms with van der Waals surface area (Å²) in [5.74, 6) is 0.194. The Morgan fingerprint density at radius 3 is 1.62 bits per heavy atom. The molecule has 5 nitrogen and oxygen atoms in total. The van der Waals surface area contributed by atoms with Gasteiger partial charge in [0.15, 0.2) is 0 Å². The number of halogens is 3. The van der Waals surface area contributed by atoms with Gasteiger partial charge in [-0.05, 0) is 11.1 Å². The number of nitrogens with zero attached hydrogens (tertiary/aromatic N) is 1. The largest absolute Gasteiger partial charge is 0.733 e. The second-order valence-electron chi connectivity index (χ2n) is 5.25. The summed E-state index contributed by atoms with van der Waals surface area (Å²) in [4.78, 5) is 0. The lowest BCUT2D eigenvalue weighted by atomic mass is 10.2. The molecule has 138 valence electrons. The fraction of sp³-hybridized carbons (Fsp3) is 0.111. The summed E-state index contributed by atoms with van der Waals surface area (Å²) in [6.07, 6.45) is 0. The van der Waals surface area contributed by atoms with Crippen molar-refractivity contribution in [3.05, 3.63) is 98.0 Å². The van der Waals surface area contributed by atoms with E-state index in [0.717, 1.165) is 11.1 Å². The molecule has 2 aromatic carbocycles. The smallest absolute Gasteiger partial charge is 0.127 e. The first-order valence-corrected chi connectivity index (χ1v) is 8.79. The van der Waals surface area contributed by atoms with Crippen LogP contribution in [0.15, 0.2) is 81.7 Å². The number of hydroxylamine groups is 2. The maximum atomic E-state index is 11.7. The van der Waals surface area contributed by atoms with Crippen molar-refractivity contribution in [1.82, 2.24) is 15.9 Å². The fourth-order valence-electron chi connectivity index (χ4n) is 2.18. The summed E-state index contributed by atoms with van der Waals surface area (Å²) in [5, 5.41) is 26.6. The summed E-state index contributed by atoms with van der Waals surface area (Å²) in [6.45, 7) is 0.777. The second kappa shape index (κ2) is 10.3. The summed E-state index contributed by atoms with van der Waals surface area (Å²) >= 11 is 17.4. The van der Waals surface area contributed by atoms with Crippen molar-refractivity contribution in [3.63, 3.8) is 0 Å². The first-order valence-electron chi connectivity index (χ1n) is 7.66. The molecule has 26 heavy (non-hydrogen) atoms. The van der Waals surface area contributed by atoms with Crippen LogP contribution >= 0.6 is 34.8 Å². The Labute approximate surface area is 167 Å². The minimum absolute atomic E-state index is 0.194. The van der Waals surface area contributed by atoms with Gasteiger partial charge in [0.05, 0.1) is 5.03 Å². The van der Waals surface area contributed by atoms with E-state index in [0.29, 0.717) is 13.1 Å². The number of hydrogen-bond donors (Lipinski definition) is 3. The van der Waals surface area contributed by atoms with E-state index in [1.165, 1.54) is 0 Å². The number of hydrogen-bond acceptors (Lipinski definition) is 5. The Hall–Kier alpha value is -1.89. The zero-order valence-electron chi connectivity index (χ0n) is 13.6. The third-order valence-electron chi connectivity index (χ3n) is 3.43. The first kappa shape index (κ1) is 20.4. The Morgan fingerprint density at radius 2 is 1.27 bits per heavy atom. The molecule has 0 amide bonds. The molecule has 0 saturated carbocycles. The minimum atomic E-state index is -0.377. The molecule has 2 aromatic rings. The number of rotatable bonds is 8. The highest BCUT2D eigenvalue weighted by molar-refractivity contribution is 6.59. The van der Waals surface area contributed by atoms with Gasteiger partial charge in [0.2, 0.25) is 0 Å². The Kier molecular flexibility index (Phi) is 8.09. The van der Waals surface area contributed by atoms with Crippen LogP contribution in [-0.2, 0) is 13.1 Å². The van der Waals surface area contributed by atoms with Crippen LogP contribution in [-0.4, -0.2) is 10.4 Å². The van der Waals surface area contributed by atoms with E-state index in [4.69, 9.17) is 34.8 Å². The molecule has 0 unspecified atom stereocenters. The molecular formula is C18H17Cl3N3O2-. The molecule has 0 radical (unpaired) electrons. The SMILES string of the molecule is [O-]N(O)C(=C(NCc1ccccc1)NCc1ccccc1)C(Cl)=C(Cl)Cl. The van der Waals surface area contributed by atoms with Crippen LogP contribution < -0.4 is 10.6 Å². The molecular weight excluding hydrogens is 397 g/mol. The van der Waals surface area contributed by atoms with Crippen molar-refractivity contribution in [2.75, 3.05) is 0 Å². The standard InChI is InChI=1S/C18H17Cl3N3O2/c19-15(17(20)21)16(24(25)26)18(22-11-13-7-3-1-4-8-13)23-12-14-9-5-2-6-10-14/h1-10,22-23,25H,11-12H2/q-1. The van der Waals surface area contributed by atoms with Crippen LogP contribution in [0.1, 0.15) is 11.1 Å². The van der Waals surface area contributed by atoms with E-state index in [1.54, 1.807) is 0 Å². The Balaban J connectivity index is 2.29. The van der Waals surface area contributed by atoms with Crippen LogP contribution in [0.3, 0.4) is 0 Å².